The van der Waals surface area contributed by atoms with Crippen molar-refractivity contribution in [1.29, 1.82) is 0 Å². The highest BCUT2D eigenvalue weighted by atomic mass is 19.4. The van der Waals surface area contributed by atoms with Crippen LogP contribution < -0.4 is 9.64 Å². The fraction of sp³-hybridized carbons (Fsp3) is 0.462. The van der Waals surface area contributed by atoms with Crippen LogP contribution in [0.3, 0.4) is 0 Å². The second-order valence-electron chi connectivity index (χ2n) is 4.63. The van der Waals surface area contributed by atoms with Crippen molar-refractivity contribution < 1.29 is 27.8 Å². The number of rotatable bonds is 3. The summed E-state index contributed by atoms with van der Waals surface area (Å²) in [6.07, 6.45) is -5.38. The lowest BCUT2D eigenvalue weighted by Crippen LogP contribution is -2.48. The van der Waals surface area contributed by atoms with E-state index in [9.17, 15) is 18.0 Å². The molecule has 0 radical (unpaired) electrons. The zero-order valence-electron chi connectivity index (χ0n) is 11.1. The minimum absolute atomic E-state index is 0.151. The minimum atomic E-state index is -4.39. The Labute approximate surface area is 119 Å². The van der Waals surface area contributed by atoms with Gasteiger partial charge >= 0.3 is 12.3 Å². The number of carboxylic acid groups (broad SMARTS) is 1. The SMILES string of the molecule is O=C(O)N1CCN(c2ccccc2OCC(F)(F)F)CC1. The number of benzene rings is 1. The topological polar surface area (TPSA) is 53.0 Å². The molecule has 21 heavy (non-hydrogen) atoms. The molecule has 1 saturated heterocycles. The predicted octanol–water partition coefficient (Wildman–Crippen LogP) is 2.43. The summed E-state index contributed by atoms with van der Waals surface area (Å²) in [5.41, 5.74) is 0.548. The molecule has 8 heteroatoms. The van der Waals surface area contributed by atoms with Gasteiger partial charge in [-0.25, -0.2) is 4.79 Å². The van der Waals surface area contributed by atoms with Gasteiger partial charge in [0.25, 0.3) is 0 Å². The summed E-state index contributed by atoms with van der Waals surface area (Å²) in [6.45, 7) is 0.0996. The first-order valence-corrected chi connectivity index (χ1v) is 6.38. The summed E-state index contributed by atoms with van der Waals surface area (Å²) in [7, 11) is 0. The van der Waals surface area contributed by atoms with Crippen molar-refractivity contribution in [2.75, 3.05) is 37.7 Å². The molecule has 1 aromatic carbocycles. The minimum Gasteiger partial charge on any atom is -0.482 e. The highest BCUT2D eigenvalue weighted by Crippen LogP contribution is 2.30. The average Bonchev–Trinajstić information content (AvgIpc) is 2.45. The largest absolute Gasteiger partial charge is 0.482 e. The number of alkyl halides is 3. The van der Waals surface area contributed by atoms with E-state index in [-0.39, 0.29) is 5.75 Å². The molecule has 0 aromatic heterocycles. The van der Waals surface area contributed by atoms with E-state index in [0.717, 1.165) is 0 Å². The van der Waals surface area contributed by atoms with Crippen LogP contribution in [0.5, 0.6) is 5.75 Å². The molecule has 1 N–H and O–H groups in total. The molecular weight excluding hydrogens is 289 g/mol. The van der Waals surface area contributed by atoms with Crippen molar-refractivity contribution in [1.82, 2.24) is 4.90 Å². The number of carbonyl (C=O) groups is 1. The van der Waals surface area contributed by atoms with Crippen LogP contribution in [0.1, 0.15) is 0 Å². The highest BCUT2D eigenvalue weighted by Gasteiger charge is 2.29. The summed E-state index contributed by atoms with van der Waals surface area (Å²) in [5.74, 6) is 0.151. The quantitative estimate of drug-likeness (QED) is 0.932. The Kier molecular flexibility index (Phi) is 4.44. The maximum absolute atomic E-state index is 12.2. The molecular formula is C13H15F3N2O3. The van der Waals surface area contributed by atoms with Gasteiger partial charge in [0.1, 0.15) is 5.75 Å². The van der Waals surface area contributed by atoms with Crippen molar-refractivity contribution in [2.24, 2.45) is 0 Å². The first-order valence-electron chi connectivity index (χ1n) is 6.38. The molecule has 5 nitrogen and oxygen atoms in total. The van der Waals surface area contributed by atoms with E-state index in [1.54, 1.807) is 18.2 Å². The van der Waals surface area contributed by atoms with E-state index < -0.39 is 18.9 Å². The number of piperazine rings is 1. The molecule has 1 aromatic rings. The fourth-order valence-corrected chi connectivity index (χ4v) is 2.14. The smallest absolute Gasteiger partial charge is 0.422 e. The summed E-state index contributed by atoms with van der Waals surface area (Å²) in [6, 6.07) is 6.45. The van der Waals surface area contributed by atoms with Crippen LogP contribution in [0.25, 0.3) is 0 Å². The Morgan fingerprint density at radius 1 is 1.19 bits per heavy atom. The third kappa shape index (κ3) is 4.17. The maximum atomic E-state index is 12.2. The van der Waals surface area contributed by atoms with Gasteiger partial charge in [-0.2, -0.15) is 13.2 Å². The van der Waals surface area contributed by atoms with Gasteiger partial charge in [-0.05, 0) is 12.1 Å². The summed E-state index contributed by atoms with van der Waals surface area (Å²) < 4.78 is 41.6. The lowest BCUT2D eigenvalue weighted by atomic mass is 10.2. The average molecular weight is 304 g/mol. The standard InChI is InChI=1S/C13H15F3N2O3/c14-13(15,16)9-21-11-4-2-1-3-10(11)17-5-7-18(8-6-17)12(19)20/h1-4H,5-9H2,(H,19,20). The van der Waals surface area contributed by atoms with Crippen molar-refractivity contribution in [3.63, 3.8) is 0 Å². The van der Waals surface area contributed by atoms with Crippen LogP contribution in [0, 0.1) is 0 Å². The van der Waals surface area contributed by atoms with Gasteiger partial charge in [0.2, 0.25) is 0 Å². The van der Waals surface area contributed by atoms with E-state index in [1.165, 1.54) is 11.0 Å². The molecule has 116 valence electrons. The molecule has 1 heterocycles. The Hall–Kier alpha value is -2.12. The second kappa shape index (κ2) is 6.11. The lowest BCUT2D eigenvalue weighted by Gasteiger charge is -2.35. The van der Waals surface area contributed by atoms with Gasteiger partial charge in [0.15, 0.2) is 6.61 Å². The molecule has 0 bridgehead atoms. The number of hydrogen-bond acceptors (Lipinski definition) is 3. The van der Waals surface area contributed by atoms with Crippen molar-refractivity contribution in [3.05, 3.63) is 24.3 Å². The third-order valence-electron chi connectivity index (χ3n) is 3.15. The lowest BCUT2D eigenvalue weighted by molar-refractivity contribution is -0.153. The molecule has 1 aliphatic heterocycles. The van der Waals surface area contributed by atoms with E-state index in [1.807, 2.05) is 4.90 Å². The summed E-state index contributed by atoms with van der Waals surface area (Å²) in [4.78, 5) is 13.9. The molecule has 0 unspecified atom stereocenters. The van der Waals surface area contributed by atoms with Gasteiger partial charge in [0.05, 0.1) is 5.69 Å². The van der Waals surface area contributed by atoms with Crippen LogP contribution >= 0.6 is 0 Å². The van der Waals surface area contributed by atoms with Gasteiger partial charge in [-0.15, -0.1) is 0 Å². The van der Waals surface area contributed by atoms with Gasteiger partial charge in [-0.1, -0.05) is 12.1 Å². The van der Waals surface area contributed by atoms with Crippen LogP contribution in [0.4, 0.5) is 23.7 Å². The van der Waals surface area contributed by atoms with Crippen molar-refractivity contribution >= 4 is 11.8 Å². The Morgan fingerprint density at radius 3 is 2.38 bits per heavy atom. The third-order valence-corrected chi connectivity index (χ3v) is 3.15. The number of ether oxygens (including phenoxy) is 1. The summed E-state index contributed by atoms with van der Waals surface area (Å²) >= 11 is 0. The monoisotopic (exact) mass is 304 g/mol. The van der Waals surface area contributed by atoms with Crippen molar-refractivity contribution in [2.45, 2.75) is 6.18 Å². The van der Waals surface area contributed by atoms with E-state index >= 15 is 0 Å². The number of nitrogens with zero attached hydrogens (tertiary/aromatic N) is 2. The van der Waals surface area contributed by atoms with Gasteiger partial charge < -0.3 is 19.6 Å². The molecule has 2 rings (SSSR count). The van der Waals surface area contributed by atoms with E-state index in [0.29, 0.717) is 31.9 Å². The number of hydrogen-bond donors (Lipinski definition) is 1. The molecule has 0 atom stereocenters. The normalized spacial score (nSPS) is 16.0. The first-order chi connectivity index (χ1) is 9.87. The zero-order chi connectivity index (χ0) is 15.5. The van der Waals surface area contributed by atoms with Gasteiger partial charge in [0, 0.05) is 26.2 Å². The molecule has 1 amide bonds. The van der Waals surface area contributed by atoms with Gasteiger partial charge in [-0.3, -0.25) is 0 Å². The van der Waals surface area contributed by atoms with Crippen LogP contribution in [0.15, 0.2) is 24.3 Å². The van der Waals surface area contributed by atoms with E-state index in [2.05, 4.69) is 0 Å². The van der Waals surface area contributed by atoms with Crippen LogP contribution in [0.2, 0.25) is 0 Å². The maximum Gasteiger partial charge on any atom is 0.422 e. The Morgan fingerprint density at radius 2 is 1.81 bits per heavy atom. The number of amides is 1. The number of anilines is 1. The van der Waals surface area contributed by atoms with Crippen LogP contribution in [-0.2, 0) is 0 Å². The molecule has 0 saturated carbocycles. The molecule has 0 spiro atoms. The summed E-state index contributed by atoms with van der Waals surface area (Å²) in [5, 5.41) is 8.88. The zero-order valence-corrected chi connectivity index (χ0v) is 11.1. The second-order valence-corrected chi connectivity index (χ2v) is 4.63. The number of para-hydroxylation sites is 2. The van der Waals surface area contributed by atoms with E-state index in [4.69, 9.17) is 9.84 Å². The fourth-order valence-electron chi connectivity index (χ4n) is 2.14. The first kappa shape index (κ1) is 15.3. The van der Waals surface area contributed by atoms with Crippen LogP contribution in [-0.4, -0.2) is 55.1 Å². The molecule has 1 aliphatic rings. The Bertz CT molecular complexity index is 500. The van der Waals surface area contributed by atoms with Crippen molar-refractivity contribution in [3.8, 4) is 5.75 Å². The molecule has 1 fully saturated rings. The predicted molar refractivity (Wildman–Crippen MR) is 69.8 cm³/mol. The molecule has 0 aliphatic carbocycles. The number of halogens is 3. The Balaban J connectivity index is 2.05. The highest BCUT2D eigenvalue weighted by molar-refractivity contribution is 5.66.